The summed E-state index contributed by atoms with van der Waals surface area (Å²) >= 11 is 0. The molecule has 146 valence electrons. The Morgan fingerprint density at radius 3 is 2.57 bits per heavy atom. The lowest BCUT2D eigenvalue weighted by molar-refractivity contribution is -0.125. The van der Waals surface area contributed by atoms with E-state index in [4.69, 9.17) is 5.26 Å². The van der Waals surface area contributed by atoms with Crippen molar-refractivity contribution in [3.63, 3.8) is 0 Å². The molecule has 0 aliphatic carbocycles. The van der Waals surface area contributed by atoms with Gasteiger partial charge in [-0.25, -0.2) is 4.98 Å². The van der Waals surface area contributed by atoms with Crippen molar-refractivity contribution < 1.29 is 4.79 Å². The van der Waals surface area contributed by atoms with Crippen LogP contribution in [0, 0.1) is 18.3 Å². The normalized spacial score (nSPS) is 21.0. The van der Waals surface area contributed by atoms with Crippen LogP contribution in [0.25, 0.3) is 0 Å². The first kappa shape index (κ1) is 18.4. The van der Waals surface area contributed by atoms with Crippen LogP contribution in [0.2, 0.25) is 0 Å². The van der Waals surface area contributed by atoms with Crippen molar-refractivity contribution in [2.75, 3.05) is 42.5 Å². The van der Waals surface area contributed by atoms with Gasteiger partial charge in [0.05, 0.1) is 17.3 Å². The van der Waals surface area contributed by atoms with E-state index in [1.807, 2.05) is 31.0 Å². The van der Waals surface area contributed by atoms with Gasteiger partial charge in [-0.2, -0.15) is 10.4 Å². The molecule has 0 aromatic carbocycles. The SMILES string of the molecule is Cc1cc(N2CCC[C@@H](N3CCN(c4ccc(C#N)cn4)CC3)C2=O)n(C)n1. The Bertz CT molecular complexity index is 890. The molecule has 1 amide bonds. The molecule has 2 aliphatic rings. The summed E-state index contributed by atoms with van der Waals surface area (Å²) in [5, 5.41) is 13.3. The molecule has 0 bridgehead atoms. The fourth-order valence-electron chi connectivity index (χ4n) is 4.17. The molecular weight excluding hydrogens is 354 g/mol. The molecule has 0 radical (unpaired) electrons. The van der Waals surface area contributed by atoms with Gasteiger partial charge in [-0.05, 0) is 31.9 Å². The number of amides is 1. The number of hydrogen-bond donors (Lipinski definition) is 0. The second-order valence-electron chi connectivity index (χ2n) is 7.46. The minimum atomic E-state index is -0.0694. The predicted molar refractivity (Wildman–Crippen MR) is 106 cm³/mol. The molecule has 0 unspecified atom stereocenters. The van der Waals surface area contributed by atoms with Crippen LogP contribution in [0.3, 0.4) is 0 Å². The van der Waals surface area contributed by atoms with Crippen molar-refractivity contribution in [1.82, 2.24) is 19.7 Å². The Kier molecular flexibility index (Phi) is 5.01. The Hall–Kier alpha value is -2.92. The standard InChI is InChI=1S/C20H25N7O/c1-15-12-19(24(2)23-15)27-7-3-4-17(20(27)28)25-8-10-26(11-9-25)18-6-5-16(13-21)14-22-18/h5-6,12,14,17H,3-4,7-11H2,1-2H3/t17-/m1/s1. The Morgan fingerprint density at radius 2 is 1.96 bits per heavy atom. The molecule has 4 rings (SSSR count). The van der Waals surface area contributed by atoms with Crippen molar-refractivity contribution in [1.29, 1.82) is 5.26 Å². The first-order valence-corrected chi connectivity index (χ1v) is 9.74. The summed E-state index contributed by atoms with van der Waals surface area (Å²) in [4.78, 5) is 24.0. The van der Waals surface area contributed by atoms with Gasteiger partial charge in [0.15, 0.2) is 0 Å². The van der Waals surface area contributed by atoms with Crippen LogP contribution >= 0.6 is 0 Å². The Balaban J connectivity index is 1.41. The maximum Gasteiger partial charge on any atom is 0.245 e. The van der Waals surface area contributed by atoms with Gasteiger partial charge >= 0.3 is 0 Å². The van der Waals surface area contributed by atoms with Crippen LogP contribution < -0.4 is 9.80 Å². The number of pyridine rings is 1. The second-order valence-corrected chi connectivity index (χ2v) is 7.46. The van der Waals surface area contributed by atoms with Gasteiger partial charge in [-0.3, -0.25) is 19.3 Å². The lowest BCUT2D eigenvalue weighted by Gasteiger charge is -2.42. The monoisotopic (exact) mass is 379 g/mol. The van der Waals surface area contributed by atoms with Gasteiger partial charge in [0.1, 0.15) is 17.7 Å². The number of aryl methyl sites for hydroxylation is 2. The van der Waals surface area contributed by atoms with Crippen molar-refractivity contribution in [3.8, 4) is 6.07 Å². The summed E-state index contributed by atoms with van der Waals surface area (Å²) in [6.07, 6.45) is 3.51. The third-order valence-electron chi connectivity index (χ3n) is 5.62. The highest BCUT2D eigenvalue weighted by atomic mass is 16.2. The number of nitrogens with zero attached hydrogens (tertiary/aromatic N) is 7. The minimum Gasteiger partial charge on any atom is -0.354 e. The van der Waals surface area contributed by atoms with Crippen molar-refractivity contribution >= 4 is 17.5 Å². The van der Waals surface area contributed by atoms with E-state index >= 15 is 0 Å². The molecule has 2 saturated heterocycles. The summed E-state index contributed by atoms with van der Waals surface area (Å²) in [6, 6.07) is 7.70. The molecule has 2 fully saturated rings. The van der Waals surface area contributed by atoms with Gasteiger partial charge in [-0.15, -0.1) is 0 Å². The average Bonchev–Trinajstić information content (AvgIpc) is 3.06. The average molecular weight is 379 g/mol. The highest BCUT2D eigenvalue weighted by molar-refractivity contribution is 5.97. The zero-order valence-corrected chi connectivity index (χ0v) is 16.4. The molecule has 28 heavy (non-hydrogen) atoms. The summed E-state index contributed by atoms with van der Waals surface area (Å²) < 4.78 is 1.80. The number of anilines is 2. The topological polar surface area (TPSA) is 81.3 Å². The first-order chi connectivity index (χ1) is 13.6. The third-order valence-corrected chi connectivity index (χ3v) is 5.62. The fourth-order valence-corrected chi connectivity index (χ4v) is 4.17. The second kappa shape index (κ2) is 7.60. The summed E-state index contributed by atoms with van der Waals surface area (Å²) in [6.45, 7) is 6.02. The molecule has 0 N–H and O–H groups in total. The highest BCUT2D eigenvalue weighted by Gasteiger charge is 2.36. The number of piperidine rings is 1. The zero-order chi connectivity index (χ0) is 19.7. The van der Waals surface area contributed by atoms with Gasteiger partial charge in [-0.1, -0.05) is 0 Å². The number of hydrogen-bond acceptors (Lipinski definition) is 6. The summed E-state index contributed by atoms with van der Waals surface area (Å²) in [5.74, 6) is 1.95. The number of piperazine rings is 1. The van der Waals surface area contributed by atoms with Crippen molar-refractivity contribution in [2.45, 2.75) is 25.8 Å². The van der Waals surface area contributed by atoms with Crippen LogP contribution in [-0.2, 0) is 11.8 Å². The predicted octanol–water partition coefficient (Wildman–Crippen LogP) is 1.31. The molecule has 0 saturated carbocycles. The molecule has 2 aliphatic heterocycles. The number of carbonyl (C=O) groups excluding carboxylic acids is 1. The highest BCUT2D eigenvalue weighted by Crippen LogP contribution is 2.25. The van der Waals surface area contributed by atoms with E-state index in [0.29, 0.717) is 5.56 Å². The van der Waals surface area contributed by atoms with Crippen LogP contribution in [0.5, 0.6) is 0 Å². The van der Waals surface area contributed by atoms with Crippen molar-refractivity contribution in [3.05, 3.63) is 35.7 Å². The molecule has 2 aromatic rings. The van der Waals surface area contributed by atoms with Crippen LogP contribution in [0.15, 0.2) is 24.4 Å². The van der Waals surface area contributed by atoms with Crippen LogP contribution in [-0.4, -0.2) is 64.3 Å². The van der Waals surface area contributed by atoms with Gasteiger partial charge < -0.3 is 4.90 Å². The quantitative estimate of drug-likeness (QED) is 0.800. The molecule has 8 nitrogen and oxygen atoms in total. The van der Waals surface area contributed by atoms with Gasteiger partial charge in [0.2, 0.25) is 5.91 Å². The van der Waals surface area contributed by atoms with E-state index in [9.17, 15) is 4.79 Å². The molecule has 8 heteroatoms. The maximum atomic E-state index is 13.2. The lowest BCUT2D eigenvalue weighted by atomic mass is 10.0. The van der Waals surface area contributed by atoms with E-state index in [1.165, 1.54) is 0 Å². The molecular formula is C20H25N7O. The number of nitriles is 1. The van der Waals surface area contributed by atoms with Crippen LogP contribution in [0.1, 0.15) is 24.1 Å². The van der Waals surface area contributed by atoms with E-state index in [1.54, 1.807) is 16.9 Å². The largest absolute Gasteiger partial charge is 0.354 e. The van der Waals surface area contributed by atoms with Crippen LogP contribution in [0.4, 0.5) is 11.6 Å². The van der Waals surface area contributed by atoms with Gasteiger partial charge in [0, 0.05) is 52.0 Å². The molecule has 2 aromatic heterocycles. The lowest BCUT2D eigenvalue weighted by Crippen LogP contribution is -2.58. The van der Waals surface area contributed by atoms with Gasteiger partial charge in [0.25, 0.3) is 0 Å². The summed E-state index contributed by atoms with van der Waals surface area (Å²) in [5.41, 5.74) is 1.50. The van der Waals surface area contributed by atoms with Crippen molar-refractivity contribution in [2.24, 2.45) is 7.05 Å². The summed E-state index contributed by atoms with van der Waals surface area (Å²) in [7, 11) is 1.89. The number of aromatic nitrogens is 3. The fraction of sp³-hybridized carbons (Fsp3) is 0.500. The van der Waals surface area contributed by atoms with E-state index in [2.05, 4.69) is 26.0 Å². The zero-order valence-electron chi connectivity index (χ0n) is 16.4. The molecule has 1 atom stereocenters. The number of rotatable bonds is 3. The minimum absolute atomic E-state index is 0.0694. The molecule has 4 heterocycles. The first-order valence-electron chi connectivity index (χ1n) is 9.74. The molecule has 0 spiro atoms. The third kappa shape index (κ3) is 3.45. The van der Waals surface area contributed by atoms with E-state index < -0.39 is 0 Å². The smallest absolute Gasteiger partial charge is 0.245 e. The Morgan fingerprint density at radius 1 is 1.18 bits per heavy atom. The van der Waals surface area contributed by atoms with E-state index in [0.717, 1.165) is 62.9 Å². The maximum absolute atomic E-state index is 13.2. The Labute approximate surface area is 165 Å². The number of carbonyl (C=O) groups is 1. The van der Waals surface area contributed by atoms with E-state index in [-0.39, 0.29) is 11.9 Å².